The molecule has 150 valence electrons. The number of rotatable bonds is 7. The lowest BCUT2D eigenvalue weighted by atomic mass is 10.0. The van der Waals surface area contributed by atoms with Crippen LogP contribution in [0.4, 0.5) is 0 Å². The van der Waals surface area contributed by atoms with Gasteiger partial charge in [0.25, 0.3) is 5.56 Å². The highest BCUT2D eigenvalue weighted by Gasteiger charge is 2.39. The predicted octanol–water partition coefficient (Wildman–Crippen LogP) is 1.69. The predicted molar refractivity (Wildman–Crippen MR) is 108 cm³/mol. The summed E-state index contributed by atoms with van der Waals surface area (Å²) in [7, 11) is 0. The van der Waals surface area contributed by atoms with Gasteiger partial charge in [-0.15, -0.1) is 12.3 Å². The molecule has 0 saturated carbocycles. The summed E-state index contributed by atoms with van der Waals surface area (Å²) in [4.78, 5) is 33.5. The summed E-state index contributed by atoms with van der Waals surface area (Å²) in [5.74, 6) is 2.75. The number of carbonyl (C=O) groups is 1. The van der Waals surface area contributed by atoms with Crippen molar-refractivity contribution in [3.63, 3.8) is 0 Å². The van der Waals surface area contributed by atoms with Crippen LogP contribution in [0.1, 0.15) is 31.4 Å². The van der Waals surface area contributed by atoms with Crippen molar-refractivity contribution < 1.29 is 4.79 Å². The van der Waals surface area contributed by atoms with Crippen molar-refractivity contribution in [3.8, 4) is 12.3 Å². The minimum absolute atomic E-state index is 0.0749. The van der Waals surface area contributed by atoms with E-state index in [1.165, 1.54) is 4.40 Å². The van der Waals surface area contributed by atoms with Gasteiger partial charge in [-0.1, -0.05) is 6.07 Å². The van der Waals surface area contributed by atoms with Crippen LogP contribution in [0.5, 0.6) is 0 Å². The van der Waals surface area contributed by atoms with Crippen molar-refractivity contribution in [2.24, 2.45) is 10.2 Å². The van der Waals surface area contributed by atoms with Crippen molar-refractivity contribution in [1.82, 2.24) is 19.2 Å². The molecule has 1 fully saturated rings. The third-order valence-corrected chi connectivity index (χ3v) is 5.53. The van der Waals surface area contributed by atoms with Gasteiger partial charge in [0.05, 0.1) is 5.69 Å². The molecule has 2 aromatic heterocycles. The molecule has 1 amide bonds. The number of amides is 1. The molecule has 0 radical (unpaired) electrons. The van der Waals surface area contributed by atoms with E-state index in [-0.39, 0.29) is 11.5 Å². The van der Waals surface area contributed by atoms with Gasteiger partial charge < -0.3 is 4.90 Å². The first-order chi connectivity index (χ1) is 14.1. The second-order valence-electron chi connectivity index (χ2n) is 7.56. The van der Waals surface area contributed by atoms with Crippen LogP contribution in [-0.4, -0.2) is 56.9 Å². The number of carbonyl (C=O) groups excluding carboxylic acids is 1. The number of pyridine rings is 1. The average molecular weight is 392 g/mol. The fourth-order valence-corrected chi connectivity index (χ4v) is 3.70. The number of fused-ring (bicyclic) bond motifs is 1. The van der Waals surface area contributed by atoms with Crippen LogP contribution >= 0.6 is 0 Å². The van der Waals surface area contributed by atoms with Crippen molar-refractivity contribution in [1.29, 1.82) is 0 Å². The molecule has 4 heterocycles. The first-order valence-corrected chi connectivity index (χ1v) is 9.94. The fourth-order valence-electron chi connectivity index (χ4n) is 3.70. The monoisotopic (exact) mass is 392 g/mol. The van der Waals surface area contributed by atoms with Crippen molar-refractivity contribution in [3.05, 3.63) is 46.5 Å². The molecule has 0 aliphatic carbocycles. The minimum Gasteiger partial charge on any atom is -0.340 e. The third kappa shape index (κ3) is 4.51. The van der Waals surface area contributed by atoms with E-state index in [2.05, 4.69) is 26.0 Å². The molecule has 2 aliphatic rings. The molecule has 0 unspecified atom stereocenters. The third-order valence-electron chi connectivity index (χ3n) is 5.53. The van der Waals surface area contributed by atoms with Gasteiger partial charge in [0, 0.05) is 70.7 Å². The molecule has 1 saturated heterocycles. The molecule has 0 aromatic carbocycles. The second-order valence-corrected chi connectivity index (χ2v) is 7.56. The van der Waals surface area contributed by atoms with Gasteiger partial charge in [-0.05, 0) is 12.1 Å². The Morgan fingerprint density at radius 2 is 1.97 bits per heavy atom. The molecule has 0 bridgehead atoms. The lowest BCUT2D eigenvalue weighted by Gasteiger charge is -2.34. The van der Waals surface area contributed by atoms with E-state index in [1.54, 1.807) is 12.3 Å². The largest absolute Gasteiger partial charge is 0.340 e. The Bertz CT molecular complexity index is 1020. The molecule has 2 aromatic rings. The van der Waals surface area contributed by atoms with Crippen LogP contribution in [0.3, 0.4) is 0 Å². The zero-order valence-electron chi connectivity index (χ0n) is 16.3. The lowest BCUT2D eigenvalue weighted by molar-refractivity contribution is -0.133. The maximum atomic E-state index is 12.5. The number of aromatic nitrogens is 2. The summed E-state index contributed by atoms with van der Waals surface area (Å²) in [6.45, 7) is 3.49. The summed E-state index contributed by atoms with van der Waals surface area (Å²) in [5.41, 5.74) is 0.931. The van der Waals surface area contributed by atoms with E-state index < -0.39 is 5.66 Å². The van der Waals surface area contributed by atoms with Gasteiger partial charge >= 0.3 is 0 Å². The maximum absolute atomic E-state index is 12.5. The normalized spacial score (nSPS) is 18.0. The molecule has 2 aliphatic heterocycles. The van der Waals surface area contributed by atoms with Crippen LogP contribution < -0.4 is 5.56 Å². The Kier molecular flexibility index (Phi) is 5.41. The highest BCUT2D eigenvalue weighted by atomic mass is 16.2. The smallest absolute Gasteiger partial charge is 0.258 e. The molecule has 4 rings (SSSR count). The molecule has 0 N–H and O–H groups in total. The quantitative estimate of drug-likeness (QED) is 0.672. The molecule has 0 spiro atoms. The molecular formula is C21H24N6O2. The molecule has 0 atom stereocenters. The van der Waals surface area contributed by atoms with E-state index in [1.807, 2.05) is 23.1 Å². The van der Waals surface area contributed by atoms with Gasteiger partial charge in [0.1, 0.15) is 5.65 Å². The standard InChI is InChI=1S/C21H24N6O2/c1-2-3-8-21(23-24-21)9-7-19(28)26-13-11-25(12-14-26)16-17-15-20(29)27-10-5-4-6-18(27)22-17/h1,4-6,10,15H,3,7-9,11-14,16H2. The van der Waals surface area contributed by atoms with Crippen molar-refractivity contribution in [2.75, 3.05) is 26.2 Å². The summed E-state index contributed by atoms with van der Waals surface area (Å²) < 4.78 is 1.54. The minimum atomic E-state index is -0.403. The lowest BCUT2D eigenvalue weighted by Crippen LogP contribution is -2.48. The van der Waals surface area contributed by atoms with Crippen LogP contribution in [-0.2, 0) is 11.3 Å². The summed E-state index contributed by atoms with van der Waals surface area (Å²) in [5, 5.41) is 8.18. The second kappa shape index (κ2) is 8.13. The Morgan fingerprint density at radius 1 is 1.17 bits per heavy atom. The zero-order chi connectivity index (χ0) is 20.3. The van der Waals surface area contributed by atoms with Crippen molar-refractivity contribution >= 4 is 11.6 Å². The van der Waals surface area contributed by atoms with Crippen LogP contribution in [0.2, 0.25) is 0 Å². The highest BCUT2D eigenvalue weighted by Crippen LogP contribution is 2.37. The summed E-state index contributed by atoms with van der Waals surface area (Å²) in [6.07, 6.45) is 9.46. The number of hydrogen-bond acceptors (Lipinski definition) is 6. The van der Waals surface area contributed by atoms with Gasteiger partial charge in [-0.25, -0.2) is 4.98 Å². The van der Waals surface area contributed by atoms with E-state index in [0.29, 0.717) is 44.5 Å². The van der Waals surface area contributed by atoms with Gasteiger partial charge in [0.15, 0.2) is 5.66 Å². The number of nitrogens with zero attached hydrogens (tertiary/aromatic N) is 6. The molecule has 8 nitrogen and oxygen atoms in total. The average Bonchev–Trinajstić information content (AvgIpc) is 3.51. The van der Waals surface area contributed by atoms with Gasteiger partial charge in [0.2, 0.25) is 5.91 Å². The zero-order valence-corrected chi connectivity index (χ0v) is 16.3. The number of terminal acetylenes is 1. The first kappa shape index (κ1) is 19.3. The summed E-state index contributed by atoms with van der Waals surface area (Å²) in [6, 6.07) is 7.10. The van der Waals surface area contributed by atoms with Crippen LogP contribution in [0.15, 0.2) is 45.5 Å². The topological polar surface area (TPSA) is 82.6 Å². The highest BCUT2D eigenvalue weighted by molar-refractivity contribution is 5.76. The SMILES string of the molecule is C#CCCC1(CCC(=O)N2CCN(Cc3cc(=O)n4ccccc4n3)CC2)N=N1. The van der Waals surface area contributed by atoms with E-state index >= 15 is 0 Å². The Labute approximate surface area is 169 Å². The van der Waals surface area contributed by atoms with Crippen LogP contribution in [0, 0.1) is 12.3 Å². The molecule has 29 heavy (non-hydrogen) atoms. The van der Waals surface area contributed by atoms with E-state index in [0.717, 1.165) is 25.2 Å². The maximum Gasteiger partial charge on any atom is 0.258 e. The van der Waals surface area contributed by atoms with E-state index in [9.17, 15) is 9.59 Å². The van der Waals surface area contributed by atoms with Crippen LogP contribution in [0.25, 0.3) is 5.65 Å². The fraction of sp³-hybridized carbons (Fsp3) is 0.476. The van der Waals surface area contributed by atoms with Gasteiger partial charge in [-0.3, -0.25) is 18.9 Å². The summed E-state index contributed by atoms with van der Waals surface area (Å²) >= 11 is 0. The Morgan fingerprint density at radius 3 is 2.69 bits per heavy atom. The van der Waals surface area contributed by atoms with E-state index in [4.69, 9.17) is 6.42 Å². The first-order valence-electron chi connectivity index (χ1n) is 9.94. The van der Waals surface area contributed by atoms with Gasteiger partial charge in [-0.2, -0.15) is 10.2 Å². The molecular weight excluding hydrogens is 368 g/mol. The van der Waals surface area contributed by atoms with Crippen molar-refractivity contribution in [2.45, 2.75) is 37.9 Å². The number of hydrogen-bond donors (Lipinski definition) is 0. The Balaban J connectivity index is 1.27. The Hall–Kier alpha value is -3.05. The number of piperazine rings is 1. The molecule has 8 heteroatoms.